The lowest BCUT2D eigenvalue weighted by atomic mass is 10.1. The van der Waals surface area contributed by atoms with Gasteiger partial charge in [0.05, 0.1) is 19.3 Å². The van der Waals surface area contributed by atoms with Crippen LogP contribution in [0.15, 0.2) is 59.5 Å². The van der Waals surface area contributed by atoms with E-state index in [1.165, 1.54) is 0 Å². The average molecular weight is 280 g/mol. The van der Waals surface area contributed by atoms with Crippen molar-refractivity contribution in [3.05, 3.63) is 70.6 Å². The van der Waals surface area contributed by atoms with E-state index in [1.807, 2.05) is 54.7 Å². The minimum atomic E-state index is 0.00231. The minimum absolute atomic E-state index is 0.00231. The SMILES string of the molecule is COc1ccc(Cn2ccc3ccccc3c2=O)cc1N. The van der Waals surface area contributed by atoms with Gasteiger partial charge in [-0.1, -0.05) is 24.3 Å². The number of aromatic nitrogens is 1. The van der Waals surface area contributed by atoms with Crippen LogP contribution >= 0.6 is 0 Å². The van der Waals surface area contributed by atoms with Crippen molar-refractivity contribution in [2.75, 3.05) is 12.8 Å². The molecule has 1 aromatic heterocycles. The van der Waals surface area contributed by atoms with Crippen LogP contribution in [-0.2, 0) is 6.54 Å². The molecule has 106 valence electrons. The molecule has 3 aromatic rings. The van der Waals surface area contributed by atoms with Crippen LogP contribution < -0.4 is 16.0 Å². The zero-order chi connectivity index (χ0) is 14.8. The van der Waals surface area contributed by atoms with Gasteiger partial charge < -0.3 is 15.0 Å². The van der Waals surface area contributed by atoms with Crippen molar-refractivity contribution < 1.29 is 4.74 Å². The quantitative estimate of drug-likeness (QED) is 0.750. The van der Waals surface area contributed by atoms with E-state index in [0.29, 0.717) is 18.0 Å². The third-order valence-corrected chi connectivity index (χ3v) is 3.53. The van der Waals surface area contributed by atoms with Crippen molar-refractivity contribution >= 4 is 16.5 Å². The van der Waals surface area contributed by atoms with Crippen LogP contribution in [0, 0.1) is 0 Å². The highest BCUT2D eigenvalue weighted by Crippen LogP contribution is 2.22. The minimum Gasteiger partial charge on any atom is -0.495 e. The van der Waals surface area contributed by atoms with Crippen LogP contribution in [-0.4, -0.2) is 11.7 Å². The molecule has 0 aliphatic heterocycles. The van der Waals surface area contributed by atoms with E-state index < -0.39 is 0 Å². The number of pyridine rings is 1. The molecule has 3 rings (SSSR count). The summed E-state index contributed by atoms with van der Waals surface area (Å²) in [6.45, 7) is 0.484. The van der Waals surface area contributed by atoms with E-state index in [-0.39, 0.29) is 5.56 Å². The number of ether oxygens (including phenoxy) is 1. The Morgan fingerprint density at radius 1 is 1.14 bits per heavy atom. The molecule has 0 atom stereocenters. The summed E-state index contributed by atoms with van der Waals surface area (Å²) in [6, 6.07) is 15.1. The summed E-state index contributed by atoms with van der Waals surface area (Å²) in [6.07, 6.45) is 1.81. The van der Waals surface area contributed by atoms with Crippen molar-refractivity contribution in [1.82, 2.24) is 4.57 Å². The van der Waals surface area contributed by atoms with Gasteiger partial charge in [-0.25, -0.2) is 0 Å². The Kier molecular flexibility index (Phi) is 3.36. The molecule has 0 radical (unpaired) electrons. The lowest BCUT2D eigenvalue weighted by Crippen LogP contribution is -2.20. The molecule has 4 heteroatoms. The predicted molar refractivity (Wildman–Crippen MR) is 84.7 cm³/mol. The lowest BCUT2D eigenvalue weighted by molar-refractivity contribution is 0.417. The van der Waals surface area contributed by atoms with Gasteiger partial charge in [0.25, 0.3) is 5.56 Å². The largest absolute Gasteiger partial charge is 0.495 e. The maximum atomic E-state index is 12.4. The van der Waals surface area contributed by atoms with Gasteiger partial charge in [0.15, 0.2) is 0 Å². The molecule has 0 aliphatic carbocycles. The second-order valence-corrected chi connectivity index (χ2v) is 4.91. The summed E-state index contributed by atoms with van der Waals surface area (Å²) >= 11 is 0. The highest BCUT2D eigenvalue weighted by molar-refractivity contribution is 5.81. The molecular weight excluding hydrogens is 264 g/mol. The molecule has 4 nitrogen and oxygen atoms in total. The zero-order valence-electron chi connectivity index (χ0n) is 11.7. The first-order valence-corrected chi connectivity index (χ1v) is 6.69. The predicted octanol–water partition coefficient (Wildman–Crippen LogP) is 2.64. The number of hydrogen-bond donors (Lipinski definition) is 1. The zero-order valence-corrected chi connectivity index (χ0v) is 11.7. The molecule has 1 heterocycles. The van der Waals surface area contributed by atoms with Gasteiger partial charge in [-0.3, -0.25) is 4.79 Å². The van der Waals surface area contributed by atoms with Crippen molar-refractivity contribution in [3.8, 4) is 5.75 Å². The number of anilines is 1. The Morgan fingerprint density at radius 2 is 1.95 bits per heavy atom. The Morgan fingerprint density at radius 3 is 2.71 bits per heavy atom. The number of benzene rings is 2. The average Bonchev–Trinajstić information content (AvgIpc) is 2.51. The number of methoxy groups -OCH3 is 1. The fourth-order valence-corrected chi connectivity index (χ4v) is 2.43. The summed E-state index contributed by atoms with van der Waals surface area (Å²) < 4.78 is 6.82. The maximum absolute atomic E-state index is 12.4. The van der Waals surface area contributed by atoms with Crippen molar-refractivity contribution in [2.24, 2.45) is 0 Å². The van der Waals surface area contributed by atoms with E-state index >= 15 is 0 Å². The molecule has 0 unspecified atom stereocenters. The number of hydrogen-bond acceptors (Lipinski definition) is 3. The molecule has 0 fully saturated rings. The van der Waals surface area contributed by atoms with Crippen LogP contribution in [0.25, 0.3) is 10.8 Å². The molecular formula is C17H16N2O2. The van der Waals surface area contributed by atoms with Crippen molar-refractivity contribution in [1.29, 1.82) is 0 Å². The number of nitrogen functional groups attached to an aromatic ring is 1. The van der Waals surface area contributed by atoms with Gasteiger partial charge in [-0.15, -0.1) is 0 Å². The summed E-state index contributed by atoms with van der Waals surface area (Å²) in [5.74, 6) is 0.643. The van der Waals surface area contributed by atoms with Gasteiger partial charge in [-0.05, 0) is 35.2 Å². The first kappa shape index (κ1) is 13.2. The van der Waals surface area contributed by atoms with Gasteiger partial charge >= 0.3 is 0 Å². The molecule has 0 bridgehead atoms. The molecule has 2 N–H and O–H groups in total. The molecule has 2 aromatic carbocycles. The standard InChI is InChI=1S/C17H16N2O2/c1-21-16-7-6-12(10-15(16)18)11-19-9-8-13-4-2-3-5-14(13)17(19)20/h2-10H,11,18H2,1H3. The van der Waals surface area contributed by atoms with E-state index in [0.717, 1.165) is 16.3 Å². The third-order valence-electron chi connectivity index (χ3n) is 3.53. The Bertz CT molecular complexity index is 853. The fourth-order valence-electron chi connectivity index (χ4n) is 2.43. The number of nitrogens with zero attached hydrogens (tertiary/aromatic N) is 1. The molecule has 0 saturated carbocycles. The van der Waals surface area contributed by atoms with Gasteiger partial charge in [0, 0.05) is 11.6 Å². The van der Waals surface area contributed by atoms with Crippen LogP contribution in [0.5, 0.6) is 5.75 Å². The lowest BCUT2D eigenvalue weighted by Gasteiger charge is -2.10. The highest BCUT2D eigenvalue weighted by atomic mass is 16.5. The van der Waals surface area contributed by atoms with Crippen molar-refractivity contribution in [2.45, 2.75) is 6.54 Å². The third kappa shape index (κ3) is 2.48. The van der Waals surface area contributed by atoms with Gasteiger partial charge in [0.1, 0.15) is 5.75 Å². The van der Waals surface area contributed by atoms with Crippen LogP contribution in [0.1, 0.15) is 5.56 Å². The number of nitrogens with two attached hydrogens (primary N) is 1. The van der Waals surface area contributed by atoms with E-state index in [2.05, 4.69) is 0 Å². The highest BCUT2D eigenvalue weighted by Gasteiger charge is 2.05. The molecule has 0 saturated heterocycles. The van der Waals surface area contributed by atoms with Crippen LogP contribution in [0.3, 0.4) is 0 Å². The Balaban J connectivity index is 2.00. The molecule has 0 spiro atoms. The van der Waals surface area contributed by atoms with Crippen LogP contribution in [0.4, 0.5) is 5.69 Å². The molecule has 0 amide bonds. The summed E-state index contributed by atoms with van der Waals surface area (Å²) in [5, 5.41) is 1.68. The summed E-state index contributed by atoms with van der Waals surface area (Å²) in [4.78, 5) is 12.4. The van der Waals surface area contributed by atoms with E-state index in [4.69, 9.17) is 10.5 Å². The van der Waals surface area contributed by atoms with E-state index in [9.17, 15) is 4.79 Å². The monoisotopic (exact) mass is 280 g/mol. The Hall–Kier alpha value is -2.75. The van der Waals surface area contributed by atoms with E-state index in [1.54, 1.807) is 11.7 Å². The number of fused-ring (bicyclic) bond motifs is 1. The number of rotatable bonds is 3. The fraction of sp³-hybridized carbons (Fsp3) is 0.118. The first-order valence-electron chi connectivity index (χ1n) is 6.69. The van der Waals surface area contributed by atoms with Crippen molar-refractivity contribution in [3.63, 3.8) is 0 Å². The van der Waals surface area contributed by atoms with Gasteiger partial charge in [-0.2, -0.15) is 0 Å². The second-order valence-electron chi connectivity index (χ2n) is 4.91. The van der Waals surface area contributed by atoms with Crippen LogP contribution in [0.2, 0.25) is 0 Å². The van der Waals surface area contributed by atoms with Gasteiger partial charge in [0.2, 0.25) is 0 Å². The molecule has 21 heavy (non-hydrogen) atoms. The second kappa shape index (κ2) is 5.32. The smallest absolute Gasteiger partial charge is 0.258 e. The topological polar surface area (TPSA) is 57.2 Å². The molecule has 0 aliphatic rings. The maximum Gasteiger partial charge on any atom is 0.258 e. The Labute approximate surface area is 122 Å². The summed E-state index contributed by atoms with van der Waals surface area (Å²) in [5.41, 5.74) is 7.44. The first-order chi connectivity index (χ1) is 10.2. The normalized spacial score (nSPS) is 10.7. The summed E-state index contributed by atoms with van der Waals surface area (Å²) in [7, 11) is 1.58.